The van der Waals surface area contributed by atoms with E-state index in [0.717, 1.165) is 18.8 Å². The minimum absolute atomic E-state index is 0.703. The van der Waals surface area contributed by atoms with E-state index in [0.29, 0.717) is 11.8 Å². The fourth-order valence-corrected chi connectivity index (χ4v) is 3.63. The topological polar surface area (TPSA) is 0 Å². The molecule has 0 aliphatic heterocycles. The molecule has 0 spiro atoms. The van der Waals surface area contributed by atoms with Gasteiger partial charge in [0.25, 0.3) is 0 Å². The number of benzene rings is 2. The summed E-state index contributed by atoms with van der Waals surface area (Å²) < 4.78 is 0. The van der Waals surface area contributed by atoms with E-state index in [4.69, 9.17) is 0 Å². The predicted octanol–water partition coefficient (Wildman–Crippen LogP) is 5.64. The van der Waals surface area contributed by atoms with Gasteiger partial charge in [-0.25, -0.2) is 0 Å². The molecule has 0 N–H and O–H groups in total. The van der Waals surface area contributed by atoms with Crippen LogP contribution in [0.25, 0.3) is 0 Å². The van der Waals surface area contributed by atoms with Crippen LogP contribution in [0.15, 0.2) is 42.5 Å². The summed E-state index contributed by atoms with van der Waals surface area (Å²) >= 11 is 0. The van der Waals surface area contributed by atoms with Gasteiger partial charge in [-0.15, -0.1) is 0 Å². The fraction of sp³-hybridized carbons (Fsp3) is 0.429. The van der Waals surface area contributed by atoms with E-state index in [1.807, 2.05) is 0 Å². The summed E-state index contributed by atoms with van der Waals surface area (Å²) in [7, 11) is 0. The Labute approximate surface area is 129 Å². The van der Waals surface area contributed by atoms with Crippen LogP contribution < -0.4 is 0 Å². The minimum Gasteiger partial charge on any atom is -0.0614 e. The Bertz CT molecular complexity index is 621. The molecule has 0 nitrogen and oxygen atoms in total. The maximum atomic E-state index is 2.47. The average molecular weight is 278 g/mol. The lowest BCUT2D eigenvalue weighted by Crippen LogP contribution is -2.01. The van der Waals surface area contributed by atoms with Crippen LogP contribution in [0.4, 0.5) is 0 Å². The molecule has 110 valence electrons. The van der Waals surface area contributed by atoms with Gasteiger partial charge in [0, 0.05) is 0 Å². The van der Waals surface area contributed by atoms with Gasteiger partial charge in [0.05, 0.1) is 0 Å². The van der Waals surface area contributed by atoms with Crippen molar-refractivity contribution in [2.24, 2.45) is 5.92 Å². The zero-order valence-corrected chi connectivity index (χ0v) is 13.7. The molecular formula is C21H26. The summed E-state index contributed by atoms with van der Waals surface area (Å²) in [5.41, 5.74) is 7.44. The molecule has 3 atom stereocenters. The summed E-state index contributed by atoms with van der Waals surface area (Å²) in [5, 5.41) is 0. The molecule has 2 aromatic rings. The van der Waals surface area contributed by atoms with Gasteiger partial charge in [-0.3, -0.25) is 0 Å². The van der Waals surface area contributed by atoms with E-state index >= 15 is 0 Å². The first-order valence-corrected chi connectivity index (χ1v) is 8.24. The second kappa shape index (κ2) is 5.67. The van der Waals surface area contributed by atoms with Crippen molar-refractivity contribution in [3.05, 3.63) is 70.3 Å². The largest absolute Gasteiger partial charge is 0.0614 e. The smallest absolute Gasteiger partial charge is 0.0156 e. The normalized spacial score (nSPS) is 24.1. The summed E-state index contributed by atoms with van der Waals surface area (Å²) in [6.07, 6.45) is 2.28. The van der Waals surface area contributed by atoms with Gasteiger partial charge in [-0.2, -0.15) is 0 Å². The fourth-order valence-electron chi connectivity index (χ4n) is 3.63. The van der Waals surface area contributed by atoms with Crippen molar-refractivity contribution >= 4 is 0 Å². The third-order valence-corrected chi connectivity index (χ3v) is 5.53. The molecule has 0 heteroatoms. The molecule has 0 bridgehead atoms. The van der Waals surface area contributed by atoms with Gasteiger partial charge in [0.1, 0.15) is 0 Å². The zero-order valence-electron chi connectivity index (χ0n) is 13.7. The number of aryl methyl sites for hydroxylation is 3. The standard InChI is InChI=1S/C21H26/c1-14-5-7-18(8-6-14)9-10-19-11-12-20-16(3)15(2)17(4)21(20)13-19/h5-8,11-13,15-17H,9-10H2,1-4H3. The summed E-state index contributed by atoms with van der Waals surface area (Å²) in [6.45, 7) is 9.30. The summed E-state index contributed by atoms with van der Waals surface area (Å²) in [6, 6.07) is 16.1. The maximum Gasteiger partial charge on any atom is -0.0156 e. The SMILES string of the molecule is Cc1ccc(CCc2ccc3c(c2)C(C)C(C)C3C)cc1. The molecule has 1 aliphatic rings. The van der Waals surface area contributed by atoms with E-state index in [1.54, 1.807) is 11.1 Å². The molecule has 0 aromatic heterocycles. The third-order valence-electron chi connectivity index (χ3n) is 5.53. The Kier molecular flexibility index (Phi) is 3.89. The van der Waals surface area contributed by atoms with E-state index in [2.05, 4.69) is 70.2 Å². The van der Waals surface area contributed by atoms with Crippen LogP contribution in [-0.2, 0) is 12.8 Å². The van der Waals surface area contributed by atoms with Crippen molar-refractivity contribution in [3.63, 3.8) is 0 Å². The first kappa shape index (κ1) is 14.4. The molecule has 0 heterocycles. The molecule has 0 fully saturated rings. The van der Waals surface area contributed by atoms with Crippen molar-refractivity contribution in [3.8, 4) is 0 Å². The Balaban J connectivity index is 1.75. The predicted molar refractivity (Wildman–Crippen MR) is 91.0 cm³/mol. The van der Waals surface area contributed by atoms with Crippen LogP contribution in [0.1, 0.15) is 60.4 Å². The lowest BCUT2D eigenvalue weighted by Gasteiger charge is -2.13. The first-order valence-electron chi connectivity index (χ1n) is 8.24. The second-order valence-electron chi connectivity index (χ2n) is 6.89. The van der Waals surface area contributed by atoms with Crippen LogP contribution in [-0.4, -0.2) is 0 Å². The van der Waals surface area contributed by atoms with Gasteiger partial charge >= 0.3 is 0 Å². The minimum atomic E-state index is 0.703. The first-order chi connectivity index (χ1) is 10.1. The van der Waals surface area contributed by atoms with Gasteiger partial charge in [-0.1, -0.05) is 68.8 Å². The highest BCUT2D eigenvalue weighted by Crippen LogP contribution is 2.45. The highest BCUT2D eigenvalue weighted by Gasteiger charge is 2.32. The monoisotopic (exact) mass is 278 g/mol. The summed E-state index contributed by atoms with van der Waals surface area (Å²) in [4.78, 5) is 0. The maximum absolute atomic E-state index is 2.47. The highest BCUT2D eigenvalue weighted by atomic mass is 14.4. The van der Waals surface area contributed by atoms with Crippen LogP contribution in [0.2, 0.25) is 0 Å². The van der Waals surface area contributed by atoms with Gasteiger partial charge < -0.3 is 0 Å². The molecule has 0 radical (unpaired) electrons. The molecule has 1 aliphatic carbocycles. The van der Waals surface area contributed by atoms with Crippen LogP contribution in [0.3, 0.4) is 0 Å². The lowest BCUT2D eigenvalue weighted by atomic mass is 9.91. The lowest BCUT2D eigenvalue weighted by molar-refractivity contribution is 0.464. The van der Waals surface area contributed by atoms with Crippen LogP contribution in [0, 0.1) is 12.8 Å². The van der Waals surface area contributed by atoms with Gasteiger partial charge in [-0.05, 0) is 59.8 Å². The number of fused-ring (bicyclic) bond motifs is 1. The zero-order chi connectivity index (χ0) is 15.0. The Morgan fingerprint density at radius 3 is 2.00 bits per heavy atom. The molecule has 0 saturated heterocycles. The Hall–Kier alpha value is -1.56. The molecule has 3 unspecified atom stereocenters. The Morgan fingerprint density at radius 2 is 1.29 bits per heavy atom. The summed E-state index contributed by atoms with van der Waals surface area (Å²) in [5.74, 6) is 2.18. The number of rotatable bonds is 3. The third kappa shape index (κ3) is 2.77. The van der Waals surface area contributed by atoms with E-state index < -0.39 is 0 Å². The molecule has 0 amide bonds. The van der Waals surface area contributed by atoms with Crippen molar-refractivity contribution in [2.75, 3.05) is 0 Å². The molecule has 2 aromatic carbocycles. The molecule has 0 saturated carbocycles. The molecule has 3 rings (SSSR count). The van der Waals surface area contributed by atoms with Crippen LogP contribution in [0.5, 0.6) is 0 Å². The Morgan fingerprint density at radius 1 is 0.714 bits per heavy atom. The number of hydrogen-bond donors (Lipinski definition) is 0. The molecule has 21 heavy (non-hydrogen) atoms. The number of hydrogen-bond acceptors (Lipinski definition) is 0. The molecular weight excluding hydrogens is 252 g/mol. The van der Waals surface area contributed by atoms with Crippen molar-refractivity contribution in [2.45, 2.75) is 52.4 Å². The van der Waals surface area contributed by atoms with Crippen LogP contribution >= 0.6 is 0 Å². The second-order valence-corrected chi connectivity index (χ2v) is 6.89. The van der Waals surface area contributed by atoms with Crippen molar-refractivity contribution in [1.82, 2.24) is 0 Å². The quantitative estimate of drug-likeness (QED) is 0.682. The van der Waals surface area contributed by atoms with E-state index in [1.165, 1.54) is 16.7 Å². The van der Waals surface area contributed by atoms with E-state index in [9.17, 15) is 0 Å². The van der Waals surface area contributed by atoms with Crippen molar-refractivity contribution < 1.29 is 0 Å². The highest BCUT2D eigenvalue weighted by molar-refractivity contribution is 5.42. The average Bonchev–Trinajstić information content (AvgIpc) is 2.71. The van der Waals surface area contributed by atoms with Crippen molar-refractivity contribution in [1.29, 1.82) is 0 Å². The van der Waals surface area contributed by atoms with Gasteiger partial charge in [0.2, 0.25) is 0 Å². The van der Waals surface area contributed by atoms with E-state index in [-0.39, 0.29) is 0 Å². The van der Waals surface area contributed by atoms with Gasteiger partial charge in [0.15, 0.2) is 0 Å².